The van der Waals surface area contributed by atoms with Gasteiger partial charge in [0.1, 0.15) is 0 Å². The minimum absolute atomic E-state index is 0.000231. The van der Waals surface area contributed by atoms with Crippen LogP contribution in [0.2, 0.25) is 0 Å². The molecule has 1 rings (SSSR count). The molecule has 0 aromatic rings. The molecule has 1 fully saturated rings. The van der Waals surface area contributed by atoms with Crippen LogP contribution in [0.4, 0.5) is 0 Å². The van der Waals surface area contributed by atoms with Crippen molar-refractivity contribution in [1.82, 2.24) is 10.2 Å². The van der Waals surface area contributed by atoms with E-state index in [4.69, 9.17) is 0 Å². The summed E-state index contributed by atoms with van der Waals surface area (Å²) in [6.45, 7) is 5.13. The fourth-order valence-corrected chi connectivity index (χ4v) is 1.69. The van der Waals surface area contributed by atoms with Crippen LogP contribution in [0.25, 0.3) is 0 Å². The van der Waals surface area contributed by atoms with Gasteiger partial charge in [-0.25, -0.2) is 0 Å². The average Bonchev–Trinajstić information content (AvgIpc) is 2.40. The summed E-state index contributed by atoms with van der Waals surface area (Å²) in [7, 11) is 1.81. The highest BCUT2D eigenvalue weighted by Crippen LogP contribution is 2.25. The molecule has 0 saturated carbocycles. The molecule has 80 valence electrons. The Bertz CT molecular complexity index is 238. The van der Waals surface area contributed by atoms with Crippen molar-refractivity contribution in [3.63, 3.8) is 0 Å². The summed E-state index contributed by atoms with van der Waals surface area (Å²) in [5.41, 5.74) is 0. The van der Waals surface area contributed by atoms with Gasteiger partial charge >= 0.3 is 0 Å². The van der Waals surface area contributed by atoms with Crippen LogP contribution in [0.15, 0.2) is 0 Å². The molecule has 1 aliphatic heterocycles. The number of imide groups is 1. The molecule has 1 atom stereocenters. The lowest BCUT2D eigenvalue weighted by molar-refractivity contribution is -0.139. The second-order valence-electron chi connectivity index (χ2n) is 4.04. The van der Waals surface area contributed by atoms with E-state index in [1.54, 1.807) is 0 Å². The molecule has 0 spiro atoms. The second kappa shape index (κ2) is 4.55. The number of amides is 2. The van der Waals surface area contributed by atoms with Gasteiger partial charge in [0.25, 0.3) is 0 Å². The van der Waals surface area contributed by atoms with E-state index in [1.165, 1.54) is 4.90 Å². The van der Waals surface area contributed by atoms with Crippen molar-refractivity contribution in [3.05, 3.63) is 0 Å². The third kappa shape index (κ3) is 2.12. The number of likely N-dealkylation sites (tertiary alicyclic amines) is 1. The van der Waals surface area contributed by atoms with Crippen molar-refractivity contribution in [2.24, 2.45) is 11.8 Å². The van der Waals surface area contributed by atoms with Gasteiger partial charge in [0.15, 0.2) is 0 Å². The topological polar surface area (TPSA) is 49.4 Å². The first kappa shape index (κ1) is 11.2. The first-order chi connectivity index (χ1) is 6.57. The van der Waals surface area contributed by atoms with Crippen LogP contribution in [-0.2, 0) is 9.59 Å². The summed E-state index contributed by atoms with van der Waals surface area (Å²) in [6.07, 6.45) is 0.389. The SMILES string of the molecule is CNCCN1C(=O)CC(C(C)C)C1=O. The van der Waals surface area contributed by atoms with Crippen LogP contribution in [0.5, 0.6) is 0 Å². The van der Waals surface area contributed by atoms with E-state index >= 15 is 0 Å². The smallest absolute Gasteiger partial charge is 0.233 e. The van der Waals surface area contributed by atoms with E-state index in [9.17, 15) is 9.59 Å². The maximum absolute atomic E-state index is 11.7. The number of rotatable bonds is 4. The highest BCUT2D eigenvalue weighted by atomic mass is 16.2. The third-order valence-electron chi connectivity index (χ3n) is 2.67. The van der Waals surface area contributed by atoms with Crippen molar-refractivity contribution in [1.29, 1.82) is 0 Å². The number of carbonyl (C=O) groups excluding carboxylic acids is 2. The third-order valence-corrected chi connectivity index (χ3v) is 2.67. The molecule has 1 heterocycles. The Kier molecular flexibility index (Phi) is 3.63. The molecule has 4 nitrogen and oxygen atoms in total. The monoisotopic (exact) mass is 198 g/mol. The van der Waals surface area contributed by atoms with Crippen LogP contribution < -0.4 is 5.32 Å². The number of nitrogens with one attached hydrogen (secondary N) is 1. The largest absolute Gasteiger partial charge is 0.318 e. The highest BCUT2D eigenvalue weighted by molar-refractivity contribution is 6.03. The first-order valence-corrected chi connectivity index (χ1v) is 5.06. The van der Waals surface area contributed by atoms with Gasteiger partial charge in [0, 0.05) is 25.4 Å². The van der Waals surface area contributed by atoms with E-state index in [-0.39, 0.29) is 23.7 Å². The molecule has 1 aliphatic rings. The summed E-state index contributed by atoms with van der Waals surface area (Å²) < 4.78 is 0. The van der Waals surface area contributed by atoms with Gasteiger partial charge in [0.2, 0.25) is 11.8 Å². The number of carbonyl (C=O) groups is 2. The van der Waals surface area contributed by atoms with Gasteiger partial charge in [0.05, 0.1) is 0 Å². The van der Waals surface area contributed by atoms with E-state index in [0.717, 1.165) is 0 Å². The van der Waals surface area contributed by atoms with Crippen molar-refractivity contribution >= 4 is 11.8 Å². The van der Waals surface area contributed by atoms with Gasteiger partial charge in [-0.2, -0.15) is 0 Å². The molecule has 4 heteroatoms. The lowest BCUT2D eigenvalue weighted by atomic mass is 9.94. The maximum atomic E-state index is 11.7. The molecular weight excluding hydrogens is 180 g/mol. The fraction of sp³-hybridized carbons (Fsp3) is 0.800. The lowest BCUT2D eigenvalue weighted by Gasteiger charge is -2.15. The lowest BCUT2D eigenvalue weighted by Crippen LogP contribution is -2.36. The van der Waals surface area contributed by atoms with Crippen molar-refractivity contribution < 1.29 is 9.59 Å². The Morgan fingerprint density at radius 2 is 2.14 bits per heavy atom. The van der Waals surface area contributed by atoms with Gasteiger partial charge in [-0.3, -0.25) is 14.5 Å². The molecule has 0 bridgehead atoms. The molecule has 2 amide bonds. The standard InChI is InChI=1S/C10H18N2O2/c1-7(2)8-6-9(13)12(10(8)14)5-4-11-3/h7-8,11H,4-6H2,1-3H3. The number of hydrogen-bond acceptors (Lipinski definition) is 3. The molecule has 0 aliphatic carbocycles. The molecule has 0 radical (unpaired) electrons. The average molecular weight is 198 g/mol. The van der Waals surface area contributed by atoms with Crippen molar-refractivity contribution in [2.45, 2.75) is 20.3 Å². The Morgan fingerprint density at radius 3 is 2.57 bits per heavy atom. The Hall–Kier alpha value is -0.900. The fourth-order valence-electron chi connectivity index (χ4n) is 1.69. The van der Waals surface area contributed by atoms with E-state index in [1.807, 2.05) is 20.9 Å². The molecule has 0 aromatic heterocycles. The van der Waals surface area contributed by atoms with Crippen LogP contribution in [0, 0.1) is 11.8 Å². The van der Waals surface area contributed by atoms with Crippen LogP contribution in [0.1, 0.15) is 20.3 Å². The predicted octanol–water partition coefficient (Wildman–Crippen LogP) is 0.237. The van der Waals surface area contributed by atoms with Crippen molar-refractivity contribution in [3.8, 4) is 0 Å². The summed E-state index contributed by atoms with van der Waals surface area (Å²) >= 11 is 0. The number of nitrogens with zero attached hydrogens (tertiary/aromatic N) is 1. The predicted molar refractivity (Wildman–Crippen MR) is 53.6 cm³/mol. The second-order valence-corrected chi connectivity index (χ2v) is 4.04. The Labute approximate surface area is 84.7 Å². The van der Waals surface area contributed by atoms with Crippen LogP contribution in [0.3, 0.4) is 0 Å². The Morgan fingerprint density at radius 1 is 1.50 bits per heavy atom. The van der Waals surface area contributed by atoms with Crippen LogP contribution >= 0.6 is 0 Å². The highest BCUT2D eigenvalue weighted by Gasteiger charge is 2.39. The molecule has 1 N–H and O–H groups in total. The zero-order chi connectivity index (χ0) is 10.7. The summed E-state index contributed by atoms with van der Waals surface area (Å²) in [5, 5.41) is 2.93. The van der Waals surface area contributed by atoms with Gasteiger partial charge in [-0.1, -0.05) is 13.8 Å². The van der Waals surface area contributed by atoms with E-state index < -0.39 is 0 Å². The molecule has 1 unspecified atom stereocenters. The van der Waals surface area contributed by atoms with Gasteiger partial charge in [-0.15, -0.1) is 0 Å². The van der Waals surface area contributed by atoms with E-state index in [2.05, 4.69) is 5.32 Å². The maximum Gasteiger partial charge on any atom is 0.233 e. The van der Waals surface area contributed by atoms with Crippen LogP contribution in [-0.4, -0.2) is 36.9 Å². The Balaban J connectivity index is 2.61. The molecular formula is C10H18N2O2. The van der Waals surface area contributed by atoms with E-state index in [0.29, 0.717) is 19.5 Å². The summed E-state index contributed by atoms with van der Waals surface area (Å²) in [5.74, 6) is 0.134. The first-order valence-electron chi connectivity index (χ1n) is 5.06. The minimum atomic E-state index is -0.0978. The summed E-state index contributed by atoms with van der Waals surface area (Å²) in [4.78, 5) is 24.6. The summed E-state index contributed by atoms with van der Waals surface area (Å²) in [6, 6.07) is 0. The number of hydrogen-bond donors (Lipinski definition) is 1. The van der Waals surface area contributed by atoms with Gasteiger partial charge in [-0.05, 0) is 13.0 Å². The zero-order valence-corrected chi connectivity index (χ0v) is 9.04. The molecule has 14 heavy (non-hydrogen) atoms. The van der Waals surface area contributed by atoms with Gasteiger partial charge < -0.3 is 5.32 Å². The zero-order valence-electron chi connectivity index (χ0n) is 9.04. The normalized spacial score (nSPS) is 22.6. The quantitative estimate of drug-likeness (QED) is 0.658. The number of likely N-dealkylation sites (N-methyl/N-ethyl adjacent to an activating group) is 1. The molecule has 1 saturated heterocycles. The van der Waals surface area contributed by atoms with Crippen molar-refractivity contribution in [2.75, 3.05) is 20.1 Å². The molecule has 0 aromatic carbocycles. The minimum Gasteiger partial charge on any atom is -0.318 e.